The molecule has 106 valence electrons. The zero-order chi connectivity index (χ0) is 13.7. The highest BCUT2D eigenvalue weighted by Crippen LogP contribution is 2.26. The minimum Gasteiger partial charge on any atom is -0.370 e. The third kappa shape index (κ3) is 3.80. The van der Waals surface area contributed by atoms with Crippen LogP contribution in [0.4, 0.5) is 11.6 Å². The van der Waals surface area contributed by atoms with Crippen molar-refractivity contribution in [2.24, 2.45) is 11.7 Å². The second-order valence-corrected chi connectivity index (χ2v) is 5.60. The number of nitrogens with one attached hydrogen (secondary N) is 1. The van der Waals surface area contributed by atoms with E-state index in [1.165, 1.54) is 12.8 Å². The van der Waals surface area contributed by atoms with E-state index in [0.717, 1.165) is 37.7 Å². The Hall–Kier alpha value is -1.36. The molecule has 1 atom stereocenters. The maximum atomic E-state index is 5.69. The topological polar surface area (TPSA) is 67.1 Å². The lowest BCUT2D eigenvalue weighted by molar-refractivity contribution is 0.614. The molecule has 1 saturated heterocycles. The van der Waals surface area contributed by atoms with Crippen LogP contribution >= 0.6 is 0 Å². The Balaban J connectivity index is 2.05. The van der Waals surface area contributed by atoms with Crippen molar-refractivity contribution in [3.63, 3.8) is 0 Å². The van der Waals surface area contributed by atoms with Crippen molar-refractivity contribution < 1.29 is 0 Å². The van der Waals surface area contributed by atoms with E-state index in [4.69, 9.17) is 5.73 Å². The molecule has 2 rings (SSSR count). The van der Waals surface area contributed by atoms with Gasteiger partial charge in [-0.25, -0.2) is 9.97 Å². The van der Waals surface area contributed by atoms with Crippen LogP contribution in [0.25, 0.3) is 0 Å². The van der Waals surface area contributed by atoms with Crippen LogP contribution in [0.2, 0.25) is 0 Å². The molecule has 2 heterocycles. The zero-order valence-electron chi connectivity index (χ0n) is 12.0. The summed E-state index contributed by atoms with van der Waals surface area (Å²) in [7, 11) is 0. The minimum atomic E-state index is 0.540. The van der Waals surface area contributed by atoms with E-state index in [2.05, 4.69) is 40.1 Å². The standard InChI is InChI=1S/C14H25N5/c1-11(2)9-16-13-8-14(18-10-17-13)19-7-3-4-12(19)5-6-15/h8,10-12H,3-7,9,15H2,1-2H3,(H,16,17,18). The first-order valence-corrected chi connectivity index (χ1v) is 7.23. The first-order valence-electron chi connectivity index (χ1n) is 7.23. The third-order valence-electron chi connectivity index (χ3n) is 3.52. The molecule has 0 saturated carbocycles. The first-order chi connectivity index (χ1) is 9.20. The van der Waals surface area contributed by atoms with Crippen LogP contribution in [0.5, 0.6) is 0 Å². The van der Waals surface area contributed by atoms with Gasteiger partial charge in [0.2, 0.25) is 0 Å². The zero-order valence-corrected chi connectivity index (χ0v) is 12.0. The lowest BCUT2D eigenvalue weighted by atomic mass is 10.1. The Kier molecular flexibility index (Phi) is 4.96. The molecule has 0 amide bonds. The highest BCUT2D eigenvalue weighted by molar-refractivity contribution is 5.49. The average molecular weight is 263 g/mol. The van der Waals surface area contributed by atoms with E-state index in [9.17, 15) is 0 Å². The van der Waals surface area contributed by atoms with Crippen LogP contribution in [0.1, 0.15) is 33.1 Å². The van der Waals surface area contributed by atoms with Gasteiger partial charge >= 0.3 is 0 Å². The van der Waals surface area contributed by atoms with Crippen molar-refractivity contribution in [2.75, 3.05) is 29.9 Å². The van der Waals surface area contributed by atoms with Crippen LogP contribution in [0.15, 0.2) is 12.4 Å². The third-order valence-corrected chi connectivity index (χ3v) is 3.52. The van der Waals surface area contributed by atoms with Gasteiger partial charge < -0.3 is 16.0 Å². The Bertz CT molecular complexity index is 393. The van der Waals surface area contributed by atoms with Crippen LogP contribution in [0.3, 0.4) is 0 Å². The maximum absolute atomic E-state index is 5.69. The second-order valence-electron chi connectivity index (χ2n) is 5.60. The van der Waals surface area contributed by atoms with Gasteiger partial charge in [-0.05, 0) is 31.7 Å². The van der Waals surface area contributed by atoms with Crippen molar-refractivity contribution in [1.29, 1.82) is 0 Å². The summed E-state index contributed by atoms with van der Waals surface area (Å²) >= 11 is 0. The quantitative estimate of drug-likeness (QED) is 0.820. The van der Waals surface area contributed by atoms with Crippen molar-refractivity contribution in [1.82, 2.24) is 9.97 Å². The first kappa shape index (κ1) is 14.1. The van der Waals surface area contributed by atoms with Crippen LogP contribution in [-0.4, -0.2) is 35.6 Å². The Morgan fingerprint density at radius 3 is 3.05 bits per heavy atom. The average Bonchev–Trinajstić information content (AvgIpc) is 2.85. The summed E-state index contributed by atoms with van der Waals surface area (Å²) in [6, 6.07) is 2.59. The van der Waals surface area contributed by atoms with E-state index >= 15 is 0 Å². The molecule has 1 aliphatic rings. The van der Waals surface area contributed by atoms with Gasteiger partial charge in [0.05, 0.1) is 0 Å². The van der Waals surface area contributed by atoms with Gasteiger partial charge in [-0.3, -0.25) is 0 Å². The smallest absolute Gasteiger partial charge is 0.134 e. The van der Waals surface area contributed by atoms with Gasteiger partial charge in [0.25, 0.3) is 0 Å². The molecule has 3 N–H and O–H groups in total. The fraction of sp³-hybridized carbons (Fsp3) is 0.714. The molecule has 1 aromatic heterocycles. The Labute approximate surface area is 115 Å². The fourth-order valence-electron chi connectivity index (χ4n) is 2.54. The minimum absolute atomic E-state index is 0.540. The monoisotopic (exact) mass is 263 g/mol. The van der Waals surface area contributed by atoms with Gasteiger partial charge in [-0.2, -0.15) is 0 Å². The number of anilines is 2. The number of nitrogens with two attached hydrogens (primary N) is 1. The molecule has 1 fully saturated rings. The molecular formula is C14H25N5. The molecule has 0 aromatic carbocycles. The highest BCUT2D eigenvalue weighted by Gasteiger charge is 2.25. The lowest BCUT2D eigenvalue weighted by Gasteiger charge is -2.25. The fourth-order valence-corrected chi connectivity index (χ4v) is 2.54. The molecular weight excluding hydrogens is 238 g/mol. The maximum Gasteiger partial charge on any atom is 0.134 e. The van der Waals surface area contributed by atoms with Crippen molar-refractivity contribution in [3.8, 4) is 0 Å². The predicted molar refractivity (Wildman–Crippen MR) is 79.4 cm³/mol. The second kappa shape index (κ2) is 6.70. The SMILES string of the molecule is CC(C)CNc1cc(N2CCCC2CCN)ncn1. The van der Waals surface area contributed by atoms with E-state index in [-0.39, 0.29) is 0 Å². The molecule has 19 heavy (non-hydrogen) atoms. The van der Waals surface area contributed by atoms with Gasteiger partial charge in [-0.1, -0.05) is 13.8 Å². The molecule has 1 unspecified atom stereocenters. The summed E-state index contributed by atoms with van der Waals surface area (Å²) in [5.41, 5.74) is 5.69. The molecule has 1 aliphatic heterocycles. The predicted octanol–water partition coefficient (Wildman–Crippen LogP) is 1.86. The van der Waals surface area contributed by atoms with Crippen molar-refractivity contribution in [2.45, 2.75) is 39.2 Å². The van der Waals surface area contributed by atoms with Crippen LogP contribution in [-0.2, 0) is 0 Å². The summed E-state index contributed by atoms with van der Waals surface area (Å²) < 4.78 is 0. The van der Waals surface area contributed by atoms with Crippen molar-refractivity contribution in [3.05, 3.63) is 12.4 Å². The molecule has 0 radical (unpaired) electrons. The lowest BCUT2D eigenvalue weighted by Crippen LogP contribution is -2.31. The van der Waals surface area contributed by atoms with E-state index in [1.807, 2.05) is 0 Å². The number of rotatable bonds is 6. The molecule has 5 nitrogen and oxygen atoms in total. The summed E-state index contributed by atoms with van der Waals surface area (Å²) in [5, 5.41) is 3.35. The number of aromatic nitrogens is 2. The molecule has 0 aliphatic carbocycles. The van der Waals surface area contributed by atoms with Crippen molar-refractivity contribution >= 4 is 11.6 Å². The summed E-state index contributed by atoms with van der Waals surface area (Å²) in [6.07, 6.45) is 5.13. The molecule has 1 aromatic rings. The molecule has 0 bridgehead atoms. The van der Waals surface area contributed by atoms with E-state index in [0.29, 0.717) is 12.0 Å². The summed E-state index contributed by atoms with van der Waals surface area (Å²) in [5.74, 6) is 2.55. The van der Waals surface area contributed by atoms with Gasteiger partial charge in [0.15, 0.2) is 0 Å². The van der Waals surface area contributed by atoms with E-state index < -0.39 is 0 Å². The Morgan fingerprint density at radius 2 is 2.32 bits per heavy atom. The molecule has 5 heteroatoms. The van der Waals surface area contributed by atoms with Gasteiger partial charge in [-0.15, -0.1) is 0 Å². The number of hydrogen-bond acceptors (Lipinski definition) is 5. The largest absolute Gasteiger partial charge is 0.370 e. The van der Waals surface area contributed by atoms with Gasteiger partial charge in [0, 0.05) is 25.2 Å². The van der Waals surface area contributed by atoms with Crippen LogP contribution in [0, 0.1) is 5.92 Å². The van der Waals surface area contributed by atoms with E-state index in [1.54, 1.807) is 6.33 Å². The number of hydrogen-bond donors (Lipinski definition) is 2. The highest BCUT2D eigenvalue weighted by atomic mass is 15.2. The normalized spacial score (nSPS) is 19.2. The summed E-state index contributed by atoms with van der Waals surface area (Å²) in [4.78, 5) is 11.1. The van der Waals surface area contributed by atoms with Gasteiger partial charge in [0.1, 0.15) is 18.0 Å². The Morgan fingerprint density at radius 1 is 1.47 bits per heavy atom. The summed E-state index contributed by atoms with van der Waals surface area (Å²) in [6.45, 7) is 7.12. The molecule has 0 spiro atoms. The van der Waals surface area contributed by atoms with Crippen LogP contribution < -0.4 is 16.0 Å². The number of nitrogens with zero attached hydrogens (tertiary/aromatic N) is 3.